The molecule has 0 heterocycles. The third-order valence-electron chi connectivity index (χ3n) is 3.21. The van der Waals surface area contributed by atoms with Crippen molar-refractivity contribution in [2.24, 2.45) is 0 Å². The summed E-state index contributed by atoms with van der Waals surface area (Å²) in [6, 6.07) is 6.97. The molecule has 0 N–H and O–H groups in total. The quantitative estimate of drug-likeness (QED) is 0.505. The molecule has 0 aliphatic rings. The van der Waals surface area contributed by atoms with Gasteiger partial charge in [0.25, 0.3) is 0 Å². The highest BCUT2D eigenvalue weighted by atomic mass is 79.9. The molecule has 1 aromatic carbocycles. The number of unbranched alkanes of at least 4 members (excludes halogenated alkanes) is 3. The van der Waals surface area contributed by atoms with Crippen LogP contribution >= 0.6 is 15.9 Å². The second-order valence-electron chi connectivity index (χ2n) is 5.87. The predicted molar refractivity (Wildman–Crippen MR) is 85.0 cm³/mol. The minimum Gasteiger partial charge on any atom is -0.0656 e. The summed E-state index contributed by atoms with van der Waals surface area (Å²) in [5.41, 5.74) is 1.50. The molecule has 0 amide bonds. The van der Waals surface area contributed by atoms with Crippen LogP contribution in [-0.2, 0) is 6.42 Å². The summed E-state index contributed by atoms with van der Waals surface area (Å²) in [6.45, 7) is 9.51. The van der Waals surface area contributed by atoms with Crippen molar-refractivity contribution in [1.29, 1.82) is 0 Å². The molecule has 0 unspecified atom stereocenters. The molecule has 0 saturated heterocycles. The van der Waals surface area contributed by atoms with E-state index in [1.165, 1.54) is 42.1 Å². The maximum Gasteiger partial charge on any atom is 0.0776 e. The highest BCUT2D eigenvalue weighted by Crippen LogP contribution is 2.19. The lowest BCUT2D eigenvalue weighted by molar-refractivity contribution is 0.666. The summed E-state index contributed by atoms with van der Waals surface area (Å²) in [4.78, 5) is 0. The van der Waals surface area contributed by atoms with Gasteiger partial charge in [0.2, 0.25) is 0 Å². The van der Waals surface area contributed by atoms with Crippen molar-refractivity contribution < 1.29 is 0 Å². The van der Waals surface area contributed by atoms with Crippen LogP contribution in [0.1, 0.15) is 38.2 Å². The lowest BCUT2D eigenvalue weighted by Crippen LogP contribution is -2.37. The first kappa shape index (κ1) is 15.0. The summed E-state index contributed by atoms with van der Waals surface area (Å²) in [6.07, 6.45) is 6.59. The number of benzene rings is 1. The first-order valence-electron chi connectivity index (χ1n) is 6.74. The van der Waals surface area contributed by atoms with Crippen molar-refractivity contribution in [2.45, 2.75) is 58.7 Å². The monoisotopic (exact) mass is 312 g/mol. The van der Waals surface area contributed by atoms with Crippen LogP contribution in [-0.4, -0.2) is 8.07 Å². The lowest BCUT2D eigenvalue weighted by Gasteiger charge is -2.18. The first-order chi connectivity index (χ1) is 7.95. The Kier molecular flexibility index (Phi) is 5.94. The van der Waals surface area contributed by atoms with E-state index in [1.54, 1.807) is 5.19 Å². The van der Waals surface area contributed by atoms with E-state index < -0.39 is 8.07 Å². The zero-order valence-electron chi connectivity index (χ0n) is 11.6. The van der Waals surface area contributed by atoms with Crippen LogP contribution in [0.25, 0.3) is 0 Å². The average molecular weight is 313 g/mol. The molecule has 2 heteroatoms. The van der Waals surface area contributed by atoms with Crippen molar-refractivity contribution in [2.75, 3.05) is 0 Å². The first-order valence-corrected chi connectivity index (χ1v) is 11.0. The van der Waals surface area contributed by atoms with Gasteiger partial charge < -0.3 is 0 Å². The molecule has 0 spiro atoms. The smallest absolute Gasteiger partial charge is 0.0656 e. The van der Waals surface area contributed by atoms with Crippen LogP contribution in [0.5, 0.6) is 0 Å². The van der Waals surface area contributed by atoms with Crippen LogP contribution in [0.4, 0.5) is 0 Å². The van der Waals surface area contributed by atoms with E-state index in [4.69, 9.17) is 0 Å². The average Bonchev–Trinajstić information content (AvgIpc) is 2.25. The summed E-state index contributed by atoms with van der Waals surface area (Å²) < 4.78 is 1.29. The van der Waals surface area contributed by atoms with Crippen LogP contribution in [0, 0.1) is 0 Å². The van der Waals surface area contributed by atoms with Gasteiger partial charge in [-0.1, -0.05) is 79.1 Å². The minimum absolute atomic E-state index is 1.16. The van der Waals surface area contributed by atoms with Gasteiger partial charge in [-0.3, -0.25) is 0 Å². The molecule has 0 aliphatic carbocycles. The molecular weight excluding hydrogens is 288 g/mol. The van der Waals surface area contributed by atoms with Crippen molar-refractivity contribution in [3.05, 3.63) is 28.2 Å². The summed E-state index contributed by atoms with van der Waals surface area (Å²) in [5.74, 6) is 0. The third kappa shape index (κ3) is 4.97. The Morgan fingerprint density at radius 2 is 1.76 bits per heavy atom. The second kappa shape index (κ2) is 6.74. The van der Waals surface area contributed by atoms with Crippen LogP contribution in [0.2, 0.25) is 19.6 Å². The van der Waals surface area contributed by atoms with E-state index in [0.717, 1.165) is 0 Å². The van der Waals surface area contributed by atoms with Gasteiger partial charge in [0.1, 0.15) is 0 Å². The molecule has 1 aromatic rings. The Morgan fingerprint density at radius 1 is 1.06 bits per heavy atom. The summed E-state index contributed by atoms with van der Waals surface area (Å²) in [7, 11) is -1.16. The molecule has 0 radical (unpaired) electrons. The van der Waals surface area contributed by atoms with Crippen molar-refractivity contribution in [3.8, 4) is 0 Å². The van der Waals surface area contributed by atoms with E-state index in [9.17, 15) is 0 Å². The molecule has 0 saturated carbocycles. The Morgan fingerprint density at radius 3 is 2.35 bits per heavy atom. The van der Waals surface area contributed by atoms with Gasteiger partial charge in [0.15, 0.2) is 0 Å². The normalized spacial score (nSPS) is 11.8. The Balaban J connectivity index is 2.70. The fourth-order valence-corrected chi connectivity index (χ4v) is 3.61. The van der Waals surface area contributed by atoms with Crippen LogP contribution in [0.3, 0.4) is 0 Å². The van der Waals surface area contributed by atoms with Gasteiger partial charge >= 0.3 is 0 Å². The van der Waals surface area contributed by atoms with Gasteiger partial charge in [-0.25, -0.2) is 0 Å². The number of rotatable bonds is 6. The number of halogens is 1. The fourth-order valence-electron chi connectivity index (χ4n) is 1.98. The number of hydrogen-bond acceptors (Lipinski definition) is 0. The van der Waals surface area contributed by atoms with E-state index in [1.807, 2.05) is 0 Å². The summed E-state index contributed by atoms with van der Waals surface area (Å²) >= 11 is 3.68. The topological polar surface area (TPSA) is 0 Å². The molecule has 0 atom stereocenters. The van der Waals surface area contributed by atoms with E-state index in [0.29, 0.717) is 0 Å². The third-order valence-corrected chi connectivity index (χ3v) is 6.03. The molecular formula is C15H25BrSi. The Hall–Kier alpha value is -0.0831. The summed E-state index contributed by atoms with van der Waals surface area (Å²) in [5, 5.41) is 1.58. The van der Waals surface area contributed by atoms with E-state index in [2.05, 4.69) is 60.7 Å². The van der Waals surface area contributed by atoms with Gasteiger partial charge in [-0.15, -0.1) is 0 Å². The van der Waals surface area contributed by atoms with Crippen molar-refractivity contribution >= 4 is 29.2 Å². The predicted octanol–water partition coefficient (Wildman–Crippen LogP) is 5.12. The van der Waals surface area contributed by atoms with Gasteiger partial charge in [0, 0.05) is 4.47 Å². The molecule has 0 fully saturated rings. The zero-order valence-corrected chi connectivity index (χ0v) is 14.2. The highest BCUT2D eigenvalue weighted by Gasteiger charge is 2.17. The van der Waals surface area contributed by atoms with Crippen molar-refractivity contribution in [1.82, 2.24) is 0 Å². The highest BCUT2D eigenvalue weighted by molar-refractivity contribution is 9.10. The minimum atomic E-state index is -1.16. The van der Waals surface area contributed by atoms with Gasteiger partial charge in [0.05, 0.1) is 8.07 Å². The van der Waals surface area contributed by atoms with Crippen LogP contribution in [0.15, 0.2) is 22.7 Å². The largest absolute Gasteiger partial charge is 0.0776 e. The second-order valence-corrected chi connectivity index (χ2v) is 11.8. The Bertz CT molecular complexity index is 352. The lowest BCUT2D eigenvalue weighted by atomic mass is 10.1. The number of aryl methyl sites for hydroxylation is 1. The molecule has 0 bridgehead atoms. The standard InChI is InChI=1S/C15H25BrSi/c1-5-6-7-8-9-13-12-14(17(2,3)4)10-11-15(13)16/h10-12H,5-9H2,1-4H3. The molecule has 0 aliphatic heterocycles. The van der Waals surface area contributed by atoms with Gasteiger partial charge in [-0.2, -0.15) is 0 Å². The molecule has 0 aromatic heterocycles. The maximum absolute atomic E-state index is 3.68. The zero-order chi connectivity index (χ0) is 12.9. The Labute approximate surface area is 116 Å². The fraction of sp³-hybridized carbons (Fsp3) is 0.600. The SMILES string of the molecule is CCCCCCc1cc([Si](C)(C)C)ccc1Br. The molecule has 0 nitrogen and oxygen atoms in total. The maximum atomic E-state index is 3.68. The van der Waals surface area contributed by atoms with Crippen LogP contribution < -0.4 is 5.19 Å². The van der Waals surface area contributed by atoms with E-state index >= 15 is 0 Å². The molecule has 1 rings (SSSR count). The van der Waals surface area contributed by atoms with E-state index in [-0.39, 0.29) is 0 Å². The molecule has 17 heavy (non-hydrogen) atoms. The van der Waals surface area contributed by atoms with Gasteiger partial charge in [-0.05, 0) is 24.5 Å². The van der Waals surface area contributed by atoms with Crippen molar-refractivity contribution in [3.63, 3.8) is 0 Å². The molecule has 96 valence electrons. The number of hydrogen-bond donors (Lipinski definition) is 0.